The highest BCUT2D eigenvalue weighted by molar-refractivity contribution is 8.03. The van der Waals surface area contributed by atoms with Crippen molar-refractivity contribution in [1.82, 2.24) is 4.90 Å². The molecule has 5 heterocycles. The number of anilines is 2. The van der Waals surface area contributed by atoms with Gasteiger partial charge in [-0.1, -0.05) is 136 Å². The van der Waals surface area contributed by atoms with Crippen LogP contribution < -0.4 is 19.6 Å². The molecule has 0 saturated heterocycles. The number of aliphatic imine (C=N–C) groups is 2. The van der Waals surface area contributed by atoms with Gasteiger partial charge in [0.15, 0.2) is 5.84 Å². The Kier molecular flexibility index (Phi) is 12.5. The topological polar surface area (TPSA) is 34.4 Å². The fourth-order valence-electron chi connectivity index (χ4n) is 9.00. The summed E-state index contributed by atoms with van der Waals surface area (Å²) in [6.45, 7) is 17.6. The Hall–Kier alpha value is -5.63. The van der Waals surface area contributed by atoms with E-state index in [2.05, 4.69) is 203 Å². The number of thiophene rings is 1. The number of likely N-dealkylation sites (N-methyl/N-ethyl adjacent to an activating group) is 1. The zero-order chi connectivity index (χ0) is 42.7. The fourth-order valence-corrected chi connectivity index (χ4v) is 11.2. The van der Waals surface area contributed by atoms with Gasteiger partial charge in [-0.2, -0.15) is 0 Å². The van der Waals surface area contributed by atoms with Gasteiger partial charge in [0.1, 0.15) is 5.84 Å². The lowest BCUT2D eigenvalue weighted by Crippen LogP contribution is -2.51. The lowest BCUT2D eigenvalue weighted by molar-refractivity contribution is 0.361. The number of hydrogen-bond donors (Lipinski definition) is 0. The van der Waals surface area contributed by atoms with E-state index in [0.29, 0.717) is 0 Å². The number of thioether (sulfide) groups is 1. The summed E-state index contributed by atoms with van der Waals surface area (Å²) in [6.07, 6.45) is 27.7. The van der Waals surface area contributed by atoms with Gasteiger partial charge < -0.3 is 14.7 Å². The van der Waals surface area contributed by atoms with Crippen LogP contribution in [0.5, 0.6) is 0 Å². The molecule has 4 aromatic rings. The highest BCUT2D eigenvalue weighted by Gasteiger charge is 2.36. The SMILES string of the molecule is C=C/C1=C(\C/C=C\C)SC/C=C\C(C2=NC(N3C4=CC(Cc5ccccc5N(C)C(=C)/C=C\4)c4ccccc43)N(C)C(CCC=c3/c(=C\C)sc4ccccc34)=N2)=C/C1(C)C. The van der Waals surface area contributed by atoms with Gasteiger partial charge >= 0.3 is 0 Å². The molecule has 1 aromatic heterocycles. The molecule has 61 heavy (non-hydrogen) atoms. The number of para-hydroxylation sites is 2. The van der Waals surface area contributed by atoms with Crippen molar-refractivity contribution in [2.24, 2.45) is 15.4 Å². The van der Waals surface area contributed by atoms with Crippen LogP contribution in [0.15, 0.2) is 178 Å². The summed E-state index contributed by atoms with van der Waals surface area (Å²) in [5.74, 6) is 2.78. The molecule has 0 saturated carbocycles. The Balaban J connectivity index is 1.27. The summed E-state index contributed by atoms with van der Waals surface area (Å²) in [6, 6.07) is 26.3. The maximum Gasteiger partial charge on any atom is 0.206 e. The van der Waals surface area contributed by atoms with Crippen molar-refractivity contribution in [3.63, 3.8) is 0 Å². The summed E-state index contributed by atoms with van der Waals surface area (Å²) in [5.41, 5.74) is 8.91. The first-order chi connectivity index (χ1) is 29.6. The first-order valence-electron chi connectivity index (χ1n) is 21.4. The zero-order valence-corrected chi connectivity index (χ0v) is 38.1. The minimum absolute atomic E-state index is 0.178. The molecule has 0 amide bonds. The van der Waals surface area contributed by atoms with Crippen molar-refractivity contribution in [2.45, 2.75) is 65.6 Å². The van der Waals surface area contributed by atoms with Crippen LogP contribution >= 0.6 is 23.1 Å². The van der Waals surface area contributed by atoms with E-state index in [1.54, 1.807) is 0 Å². The van der Waals surface area contributed by atoms with Gasteiger partial charge in [0.25, 0.3) is 0 Å². The van der Waals surface area contributed by atoms with Crippen LogP contribution in [0.2, 0.25) is 0 Å². The van der Waals surface area contributed by atoms with Gasteiger partial charge in [-0.15, -0.1) is 23.1 Å². The quantitative estimate of drug-likeness (QED) is 0.166. The van der Waals surface area contributed by atoms with E-state index in [4.69, 9.17) is 9.98 Å². The van der Waals surface area contributed by atoms with Gasteiger partial charge in [0, 0.05) is 75.2 Å². The molecule has 2 unspecified atom stereocenters. The van der Waals surface area contributed by atoms with Gasteiger partial charge in [0.2, 0.25) is 6.29 Å². The van der Waals surface area contributed by atoms with E-state index < -0.39 is 6.29 Å². The molecule has 5 nitrogen and oxygen atoms in total. The lowest BCUT2D eigenvalue weighted by atomic mass is 9.81. The number of fused-ring (bicyclic) bond motifs is 5. The number of rotatable bonds is 8. The molecule has 7 heteroatoms. The molecule has 0 N–H and O–H groups in total. The number of amidine groups is 2. The van der Waals surface area contributed by atoms with Gasteiger partial charge in [0.05, 0.1) is 0 Å². The van der Waals surface area contributed by atoms with Crippen LogP contribution in [0.4, 0.5) is 11.4 Å². The predicted octanol–water partition coefficient (Wildman–Crippen LogP) is 12.2. The Morgan fingerprint density at radius 3 is 2.51 bits per heavy atom. The number of nitrogens with zero attached hydrogens (tertiary/aromatic N) is 5. The Labute approximate surface area is 371 Å². The number of hydrogen-bond acceptors (Lipinski definition) is 7. The maximum absolute atomic E-state index is 5.67. The molecule has 0 spiro atoms. The molecular formula is C54H57N5S2. The van der Waals surface area contributed by atoms with E-state index in [-0.39, 0.29) is 11.3 Å². The second kappa shape index (κ2) is 18.2. The van der Waals surface area contributed by atoms with Crippen molar-refractivity contribution in [3.05, 3.63) is 189 Å². The third kappa shape index (κ3) is 8.51. The molecule has 0 aliphatic carbocycles. The van der Waals surface area contributed by atoms with E-state index in [0.717, 1.165) is 65.8 Å². The van der Waals surface area contributed by atoms with Crippen molar-refractivity contribution in [2.75, 3.05) is 29.6 Å². The van der Waals surface area contributed by atoms with Crippen LogP contribution in [0.1, 0.15) is 64.0 Å². The smallest absolute Gasteiger partial charge is 0.206 e. The standard InChI is InChI=1S/C54H57N5S2/c1-9-12-28-50-45(10-2)54(5,6)36-39(22-20-33-60-50)52-55-51(30-19-25-43-44-24-15-18-29-49(44)61-48(43)11-3)58(8)53(56-52)59-41-32-31-37(4)57(7)46-26-16-13-21-38(46)34-40(35-41)42-23-14-17-27-47(42)59/h9-18,20-27,29,31-32,35-36,40,53H,2,4,19,28,30,33-34H2,1,3,5-8H3/b12-9-,22-20-,32-31-,39-36+,43-25?,48-11+,50-45-. The Morgan fingerprint density at radius 1 is 0.934 bits per heavy atom. The van der Waals surface area contributed by atoms with Crippen molar-refractivity contribution >= 4 is 68.4 Å². The van der Waals surface area contributed by atoms with E-state index in [9.17, 15) is 0 Å². The minimum Gasteiger partial charge on any atom is -0.345 e. The van der Waals surface area contributed by atoms with E-state index >= 15 is 0 Å². The molecule has 2 bridgehead atoms. The molecule has 8 rings (SSSR count). The van der Waals surface area contributed by atoms with Crippen LogP contribution in [0.3, 0.4) is 0 Å². The van der Waals surface area contributed by atoms with Crippen LogP contribution in [0.25, 0.3) is 22.2 Å². The molecule has 0 fully saturated rings. The van der Waals surface area contributed by atoms with Crippen LogP contribution in [-0.4, -0.2) is 42.7 Å². The lowest BCUT2D eigenvalue weighted by Gasteiger charge is -2.44. The van der Waals surface area contributed by atoms with Gasteiger partial charge in [-0.05, 0) is 95.7 Å². The largest absolute Gasteiger partial charge is 0.345 e. The van der Waals surface area contributed by atoms with E-state index in [1.165, 1.54) is 47.1 Å². The first-order valence-corrected chi connectivity index (χ1v) is 23.2. The average molecular weight is 840 g/mol. The Bertz CT molecular complexity index is 2750. The monoisotopic (exact) mass is 839 g/mol. The van der Waals surface area contributed by atoms with Crippen molar-refractivity contribution in [3.8, 4) is 0 Å². The Morgan fingerprint density at radius 2 is 1.70 bits per heavy atom. The predicted molar refractivity (Wildman–Crippen MR) is 268 cm³/mol. The molecule has 0 radical (unpaired) electrons. The van der Waals surface area contributed by atoms with Crippen LogP contribution in [0, 0.1) is 5.41 Å². The van der Waals surface area contributed by atoms with Gasteiger partial charge in [-0.3, -0.25) is 0 Å². The van der Waals surface area contributed by atoms with Gasteiger partial charge in [-0.25, -0.2) is 9.98 Å². The molecule has 3 aromatic carbocycles. The summed E-state index contributed by atoms with van der Waals surface area (Å²) >= 11 is 3.75. The fraction of sp³-hybridized carbons (Fsp3) is 0.259. The summed E-state index contributed by atoms with van der Waals surface area (Å²) in [7, 11) is 4.28. The maximum atomic E-state index is 5.67. The minimum atomic E-state index is -0.401. The highest BCUT2D eigenvalue weighted by atomic mass is 32.2. The van der Waals surface area contributed by atoms with Crippen molar-refractivity contribution < 1.29 is 0 Å². The second-order valence-electron chi connectivity index (χ2n) is 16.5. The third-order valence-electron chi connectivity index (χ3n) is 12.2. The molecule has 310 valence electrons. The second-order valence-corrected chi connectivity index (χ2v) is 18.7. The van der Waals surface area contributed by atoms with Crippen molar-refractivity contribution in [1.29, 1.82) is 0 Å². The molecule has 2 atom stereocenters. The van der Waals surface area contributed by atoms with Crippen LogP contribution in [-0.2, 0) is 6.42 Å². The third-order valence-corrected chi connectivity index (χ3v) is 14.5. The summed E-state index contributed by atoms with van der Waals surface area (Å²) in [5, 5.41) is 2.62. The highest BCUT2D eigenvalue weighted by Crippen LogP contribution is 2.44. The first kappa shape index (κ1) is 42.1. The zero-order valence-electron chi connectivity index (χ0n) is 36.4. The average Bonchev–Trinajstić information content (AvgIpc) is 3.65. The summed E-state index contributed by atoms with van der Waals surface area (Å²) in [4.78, 5) is 19.4. The number of benzene rings is 3. The molecule has 4 aliphatic heterocycles. The molecular weight excluding hydrogens is 783 g/mol. The number of allylic oxidation sites excluding steroid dienone is 9. The van der Waals surface area contributed by atoms with E-state index in [1.807, 2.05) is 29.2 Å². The summed E-state index contributed by atoms with van der Waals surface area (Å²) < 4.78 is 2.63. The normalized spacial score (nSPS) is 24.2. The molecule has 4 aliphatic rings.